The van der Waals surface area contributed by atoms with E-state index < -0.39 is 17.6 Å². The average Bonchev–Trinajstić information content (AvgIpc) is 2.18. The van der Waals surface area contributed by atoms with Crippen molar-refractivity contribution in [2.24, 2.45) is 5.73 Å². The third-order valence-corrected chi connectivity index (χ3v) is 2.26. The summed E-state index contributed by atoms with van der Waals surface area (Å²) in [5.74, 6) is -1.09. The van der Waals surface area contributed by atoms with Crippen molar-refractivity contribution in [2.45, 2.75) is 11.8 Å². The van der Waals surface area contributed by atoms with Crippen LogP contribution in [0.3, 0.4) is 0 Å². The van der Waals surface area contributed by atoms with Crippen molar-refractivity contribution in [2.75, 3.05) is 7.11 Å². The number of alkyl halides is 3. The Morgan fingerprint density at radius 2 is 1.75 bits per heavy atom. The topological polar surface area (TPSA) is 59.1 Å². The first-order valence-corrected chi connectivity index (χ1v) is 4.38. The SMILES string of the molecule is CO[C@](C(=N)N)(c1ccccc1)C(F)(F)F. The fraction of sp³-hybridized carbons (Fsp3) is 0.300. The molecule has 0 aliphatic rings. The predicted molar refractivity (Wildman–Crippen MR) is 53.1 cm³/mol. The summed E-state index contributed by atoms with van der Waals surface area (Å²) < 4.78 is 43.4. The lowest BCUT2D eigenvalue weighted by Crippen LogP contribution is -2.53. The zero-order valence-corrected chi connectivity index (χ0v) is 8.51. The molecule has 1 aromatic rings. The average molecular weight is 232 g/mol. The van der Waals surface area contributed by atoms with Crippen molar-refractivity contribution in [1.29, 1.82) is 5.41 Å². The number of hydrogen-bond donors (Lipinski definition) is 2. The maximum atomic E-state index is 13.0. The molecule has 0 aliphatic carbocycles. The summed E-state index contributed by atoms with van der Waals surface area (Å²) in [6.45, 7) is 0. The van der Waals surface area contributed by atoms with Crippen molar-refractivity contribution >= 4 is 5.84 Å². The molecule has 0 radical (unpaired) electrons. The molecule has 3 N–H and O–H groups in total. The summed E-state index contributed by atoms with van der Waals surface area (Å²) in [6, 6.07) is 6.87. The Bertz CT molecular complexity index is 377. The van der Waals surface area contributed by atoms with Gasteiger partial charge in [0.1, 0.15) is 5.84 Å². The van der Waals surface area contributed by atoms with Crippen LogP contribution in [0.1, 0.15) is 5.56 Å². The lowest BCUT2D eigenvalue weighted by atomic mass is 9.91. The van der Waals surface area contributed by atoms with Crippen LogP contribution in [0.15, 0.2) is 30.3 Å². The third kappa shape index (κ3) is 1.76. The zero-order valence-electron chi connectivity index (χ0n) is 8.51. The standard InChI is InChI=1S/C10H11F3N2O/c1-16-9(8(14)15,10(11,12)13)7-5-3-2-4-6-7/h2-6H,1H3,(H3,14,15)/t9-/m0/s1. The number of halogens is 3. The Labute approximate surface area is 90.5 Å². The molecular formula is C10H11F3N2O. The molecule has 3 nitrogen and oxygen atoms in total. The highest BCUT2D eigenvalue weighted by Gasteiger charge is 2.59. The summed E-state index contributed by atoms with van der Waals surface area (Å²) in [5, 5.41) is 7.13. The zero-order chi connectivity index (χ0) is 12.4. The quantitative estimate of drug-likeness (QED) is 0.618. The molecule has 0 bridgehead atoms. The molecule has 6 heteroatoms. The Balaban J connectivity index is 3.42. The van der Waals surface area contributed by atoms with Crippen LogP contribution in [-0.2, 0) is 10.3 Å². The van der Waals surface area contributed by atoms with Crippen molar-refractivity contribution in [3.05, 3.63) is 35.9 Å². The Kier molecular flexibility index (Phi) is 3.23. The van der Waals surface area contributed by atoms with Crippen molar-refractivity contribution in [3.8, 4) is 0 Å². The predicted octanol–water partition coefficient (Wildman–Crippen LogP) is 2.03. The van der Waals surface area contributed by atoms with E-state index in [1.807, 2.05) is 0 Å². The van der Waals surface area contributed by atoms with Gasteiger partial charge in [-0.1, -0.05) is 30.3 Å². The molecule has 0 amide bonds. The van der Waals surface area contributed by atoms with Crippen LogP contribution in [-0.4, -0.2) is 19.1 Å². The molecule has 1 aromatic carbocycles. The van der Waals surface area contributed by atoms with Gasteiger partial charge in [-0.2, -0.15) is 13.2 Å². The van der Waals surface area contributed by atoms with Crippen LogP contribution in [0.4, 0.5) is 13.2 Å². The van der Waals surface area contributed by atoms with Gasteiger partial charge in [-0.3, -0.25) is 5.41 Å². The summed E-state index contributed by atoms with van der Waals surface area (Å²) in [7, 11) is 0.877. The molecule has 16 heavy (non-hydrogen) atoms. The highest BCUT2D eigenvalue weighted by atomic mass is 19.4. The van der Waals surface area contributed by atoms with Gasteiger partial charge in [-0.15, -0.1) is 0 Å². The molecule has 0 spiro atoms. The number of amidine groups is 1. The largest absolute Gasteiger partial charge is 0.429 e. The molecule has 0 saturated carbocycles. The summed E-state index contributed by atoms with van der Waals surface area (Å²) >= 11 is 0. The van der Waals surface area contributed by atoms with Crippen LogP contribution in [0.5, 0.6) is 0 Å². The van der Waals surface area contributed by atoms with Crippen LogP contribution in [0, 0.1) is 5.41 Å². The molecule has 0 aliphatic heterocycles. The Hall–Kier alpha value is -1.56. The first kappa shape index (κ1) is 12.5. The first-order chi connectivity index (χ1) is 7.36. The van der Waals surface area contributed by atoms with Crippen molar-refractivity contribution < 1.29 is 17.9 Å². The van der Waals surface area contributed by atoms with E-state index in [0.29, 0.717) is 0 Å². The third-order valence-electron chi connectivity index (χ3n) is 2.26. The van der Waals surface area contributed by atoms with Gasteiger partial charge < -0.3 is 10.5 Å². The monoisotopic (exact) mass is 232 g/mol. The number of ether oxygens (including phenoxy) is 1. The van der Waals surface area contributed by atoms with Gasteiger partial charge in [-0.05, 0) is 0 Å². The minimum Gasteiger partial charge on any atom is -0.385 e. The fourth-order valence-corrected chi connectivity index (χ4v) is 1.49. The highest BCUT2D eigenvalue weighted by Crippen LogP contribution is 2.41. The van der Waals surface area contributed by atoms with Gasteiger partial charge in [0.05, 0.1) is 0 Å². The van der Waals surface area contributed by atoms with E-state index in [4.69, 9.17) is 11.1 Å². The van der Waals surface area contributed by atoms with Gasteiger partial charge in [0.15, 0.2) is 0 Å². The molecule has 1 rings (SSSR count). The maximum Gasteiger partial charge on any atom is 0.429 e. The van der Waals surface area contributed by atoms with E-state index in [1.165, 1.54) is 24.3 Å². The Morgan fingerprint density at radius 1 is 1.25 bits per heavy atom. The Morgan fingerprint density at radius 3 is 2.06 bits per heavy atom. The summed E-state index contributed by atoms with van der Waals surface area (Å²) in [5.41, 5.74) is 1.96. The molecule has 0 heterocycles. The first-order valence-electron chi connectivity index (χ1n) is 4.38. The summed E-state index contributed by atoms with van der Waals surface area (Å²) in [4.78, 5) is 0. The van der Waals surface area contributed by atoms with Crippen LogP contribution in [0.25, 0.3) is 0 Å². The normalized spacial score (nSPS) is 15.5. The number of hydrogen-bond acceptors (Lipinski definition) is 2. The molecule has 88 valence electrons. The van der Waals surface area contributed by atoms with Gasteiger partial charge in [0, 0.05) is 12.7 Å². The van der Waals surface area contributed by atoms with E-state index in [1.54, 1.807) is 6.07 Å². The molecule has 1 atom stereocenters. The fourth-order valence-electron chi connectivity index (χ4n) is 1.49. The minimum atomic E-state index is -4.78. The van der Waals surface area contributed by atoms with Crippen LogP contribution >= 0.6 is 0 Å². The van der Waals surface area contributed by atoms with E-state index in [-0.39, 0.29) is 5.56 Å². The highest BCUT2D eigenvalue weighted by molar-refractivity contribution is 5.88. The van der Waals surface area contributed by atoms with E-state index in [2.05, 4.69) is 4.74 Å². The second-order valence-electron chi connectivity index (χ2n) is 3.16. The molecule has 0 saturated heterocycles. The lowest BCUT2D eigenvalue weighted by Gasteiger charge is -2.33. The number of methoxy groups -OCH3 is 1. The van der Waals surface area contributed by atoms with Gasteiger partial charge in [-0.25, -0.2) is 0 Å². The maximum absolute atomic E-state index is 13.0. The van der Waals surface area contributed by atoms with E-state index in [9.17, 15) is 13.2 Å². The van der Waals surface area contributed by atoms with Gasteiger partial charge >= 0.3 is 6.18 Å². The number of rotatable bonds is 3. The van der Waals surface area contributed by atoms with Crippen LogP contribution in [0.2, 0.25) is 0 Å². The van der Waals surface area contributed by atoms with Gasteiger partial charge in [0.2, 0.25) is 5.60 Å². The number of nitrogens with two attached hydrogens (primary N) is 1. The second kappa shape index (κ2) is 4.13. The smallest absolute Gasteiger partial charge is 0.385 e. The van der Waals surface area contributed by atoms with Crippen molar-refractivity contribution in [1.82, 2.24) is 0 Å². The minimum absolute atomic E-state index is 0.211. The number of nitrogens with one attached hydrogen (secondary N) is 1. The number of benzene rings is 1. The molecular weight excluding hydrogens is 221 g/mol. The second-order valence-corrected chi connectivity index (χ2v) is 3.16. The van der Waals surface area contributed by atoms with E-state index in [0.717, 1.165) is 7.11 Å². The lowest BCUT2D eigenvalue weighted by molar-refractivity contribution is -0.246. The van der Waals surface area contributed by atoms with Crippen molar-refractivity contribution in [3.63, 3.8) is 0 Å². The van der Waals surface area contributed by atoms with Crippen LogP contribution < -0.4 is 5.73 Å². The summed E-state index contributed by atoms with van der Waals surface area (Å²) in [6.07, 6.45) is -4.78. The molecule has 0 unspecified atom stereocenters. The molecule has 0 aromatic heterocycles. The van der Waals surface area contributed by atoms with Gasteiger partial charge in [0.25, 0.3) is 0 Å². The molecule has 0 fully saturated rings. The van der Waals surface area contributed by atoms with E-state index >= 15 is 0 Å².